The molecule has 0 amide bonds. The van der Waals surface area contributed by atoms with E-state index in [2.05, 4.69) is 37.7 Å². The van der Waals surface area contributed by atoms with Gasteiger partial charge in [-0.2, -0.15) is 0 Å². The number of rotatable bonds is 3. The van der Waals surface area contributed by atoms with Crippen LogP contribution in [0.3, 0.4) is 0 Å². The van der Waals surface area contributed by atoms with E-state index in [-0.39, 0.29) is 0 Å². The van der Waals surface area contributed by atoms with Crippen molar-refractivity contribution in [3.63, 3.8) is 0 Å². The van der Waals surface area contributed by atoms with E-state index in [1.807, 2.05) is 0 Å². The molecule has 0 fully saturated rings. The minimum absolute atomic E-state index is 0.528. The maximum atomic E-state index is 4.33. The van der Waals surface area contributed by atoms with Gasteiger partial charge in [-0.1, -0.05) is 27.7 Å². The van der Waals surface area contributed by atoms with Crippen LogP contribution in [0.1, 0.15) is 57.3 Å². The number of hydrogen-bond acceptors (Lipinski definition) is 1. The molecule has 0 aromatic carbocycles. The van der Waals surface area contributed by atoms with Gasteiger partial charge in [0.2, 0.25) is 0 Å². The van der Waals surface area contributed by atoms with Crippen molar-refractivity contribution in [3.8, 4) is 0 Å². The molecular formula is C10H18N2. The molecule has 1 heterocycles. The molecule has 1 unspecified atom stereocenters. The molecule has 0 bridgehead atoms. The van der Waals surface area contributed by atoms with Gasteiger partial charge in [0.25, 0.3) is 0 Å². The number of imidazole rings is 1. The number of aromatic nitrogens is 2. The lowest BCUT2D eigenvalue weighted by molar-refractivity contribution is 0.685. The van der Waals surface area contributed by atoms with Crippen molar-refractivity contribution in [2.45, 2.75) is 46.0 Å². The molecule has 1 rings (SSSR count). The number of hydrogen-bond donors (Lipinski definition) is 1. The molecule has 0 saturated heterocycles. The summed E-state index contributed by atoms with van der Waals surface area (Å²) in [5.74, 6) is 1.13. The van der Waals surface area contributed by atoms with Gasteiger partial charge in [-0.25, -0.2) is 4.98 Å². The number of nitrogens with zero attached hydrogens (tertiary/aromatic N) is 1. The molecule has 0 spiro atoms. The summed E-state index contributed by atoms with van der Waals surface area (Å²) in [6, 6.07) is 0. The third-order valence-corrected chi connectivity index (χ3v) is 2.35. The van der Waals surface area contributed by atoms with Gasteiger partial charge < -0.3 is 4.98 Å². The van der Waals surface area contributed by atoms with Gasteiger partial charge in [-0.05, 0) is 18.3 Å². The Morgan fingerprint density at radius 3 is 2.58 bits per heavy atom. The van der Waals surface area contributed by atoms with Gasteiger partial charge in [0, 0.05) is 5.69 Å². The van der Waals surface area contributed by atoms with Crippen molar-refractivity contribution in [1.82, 2.24) is 9.97 Å². The smallest absolute Gasteiger partial charge is 0.0925 e. The first kappa shape index (κ1) is 9.30. The average Bonchev–Trinajstić information content (AvgIpc) is 2.50. The van der Waals surface area contributed by atoms with Gasteiger partial charge in [0.05, 0.1) is 12.0 Å². The zero-order valence-electron chi connectivity index (χ0n) is 8.39. The Bertz CT molecular complexity index is 238. The SMILES string of the molecule is CCC(C)c1[nH]cnc1C(C)C. The lowest BCUT2D eigenvalue weighted by Crippen LogP contribution is -1.99. The van der Waals surface area contributed by atoms with E-state index < -0.39 is 0 Å². The first-order chi connectivity index (χ1) is 5.66. The van der Waals surface area contributed by atoms with Crippen molar-refractivity contribution >= 4 is 0 Å². The van der Waals surface area contributed by atoms with E-state index in [9.17, 15) is 0 Å². The van der Waals surface area contributed by atoms with Crippen LogP contribution < -0.4 is 0 Å². The monoisotopic (exact) mass is 166 g/mol. The maximum Gasteiger partial charge on any atom is 0.0925 e. The minimum Gasteiger partial charge on any atom is -0.348 e. The summed E-state index contributed by atoms with van der Waals surface area (Å²) in [5, 5.41) is 0. The molecule has 1 aromatic heterocycles. The third-order valence-electron chi connectivity index (χ3n) is 2.35. The van der Waals surface area contributed by atoms with E-state index in [1.165, 1.54) is 17.8 Å². The molecular weight excluding hydrogens is 148 g/mol. The maximum absolute atomic E-state index is 4.33. The molecule has 68 valence electrons. The largest absolute Gasteiger partial charge is 0.348 e. The summed E-state index contributed by atoms with van der Waals surface area (Å²) < 4.78 is 0. The van der Waals surface area contributed by atoms with E-state index in [0.29, 0.717) is 11.8 Å². The molecule has 0 aliphatic heterocycles. The second kappa shape index (κ2) is 3.74. The zero-order chi connectivity index (χ0) is 9.14. The van der Waals surface area contributed by atoms with Crippen LogP contribution in [-0.4, -0.2) is 9.97 Å². The van der Waals surface area contributed by atoms with Crippen molar-refractivity contribution in [2.24, 2.45) is 0 Å². The van der Waals surface area contributed by atoms with Crippen LogP contribution in [0, 0.1) is 0 Å². The molecule has 12 heavy (non-hydrogen) atoms. The van der Waals surface area contributed by atoms with Crippen molar-refractivity contribution in [2.75, 3.05) is 0 Å². The minimum atomic E-state index is 0.528. The Labute approximate surface area is 74.4 Å². The fourth-order valence-corrected chi connectivity index (χ4v) is 1.37. The summed E-state index contributed by atoms with van der Waals surface area (Å²) in [4.78, 5) is 7.56. The van der Waals surface area contributed by atoms with Crippen molar-refractivity contribution in [1.29, 1.82) is 0 Å². The predicted molar refractivity (Wildman–Crippen MR) is 51.4 cm³/mol. The summed E-state index contributed by atoms with van der Waals surface area (Å²) in [5.41, 5.74) is 2.54. The van der Waals surface area contributed by atoms with E-state index >= 15 is 0 Å². The Morgan fingerprint density at radius 2 is 2.08 bits per heavy atom. The highest BCUT2D eigenvalue weighted by Crippen LogP contribution is 2.24. The summed E-state index contributed by atoms with van der Waals surface area (Å²) in [6.45, 7) is 8.80. The van der Waals surface area contributed by atoms with Crippen LogP contribution >= 0.6 is 0 Å². The molecule has 2 nitrogen and oxygen atoms in total. The summed E-state index contributed by atoms with van der Waals surface area (Å²) in [7, 11) is 0. The van der Waals surface area contributed by atoms with E-state index in [0.717, 1.165) is 0 Å². The first-order valence-corrected chi connectivity index (χ1v) is 4.70. The van der Waals surface area contributed by atoms with Gasteiger partial charge in [-0.15, -0.1) is 0 Å². The topological polar surface area (TPSA) is 28.7 Å². The Hall–Kier alpha value is -0.790. The lowest BCUT2D eigenvalue weighted by atomic mass is 9.98. The van der Waals surface area contributed by atoms with Crippen LogP contribution in [0.25, 0.3) is 0 Å². The quantitative estimate of drug-likeness (QED) is 0.734. The second-order valence-corrected chi connectivity index (χ2v) is 3.67. The van der Waals surface area contributed by atoms with Crippen LogP contribution in [0.4, 0.5) is 0 Å². The van der Waals surface area contributed by atoms with E-state index in [4.69, 9.17) is 0 Å². The molecule has 0 saturated carbocycles. The Balaban J connectivity index is 2.91. The molecule has 0 aliphatic carbocycles. The van der Waals surface area contributed by atoms with E-state index in [1.54, 1.807) is 6.33 Å². The number of nitrogens with one attached hydrogen (secondary N) is 1. The molecule has 1 N–H and O–H groups in total. The van der Waals surface area contributed by atoms with Crippen LogP contribution in [0.15, 0.2) is 6.33 Å². The number of H-pyrrole nitrogens is 1. The van der Waals surface area contributed by atoms with Gasteiger partial charge in [0.1, 0.15) is 0 Å². The van der Waals surface area contributed by atoms with Crippen LogP contribution in [0.2, 0.25) is 0 Å². The van der Waals surface area contributed by atoms with Crippen LogP contribution in [-0.2, 0) is 0 Å². The molecule has 2 heteroatoms. The standard InChI is InChI=1S/C10H18N2/c1-5-8(4)10-9(7(2)3)11-6-12-10/h6-8H,5H2,1-4H3,(H,11,12). The third kappa shape index (κ3) is 1.68. The second-order valence-electron chi connectivity index (χ2n) is 3.67. The molecule has 0 aliphatic rings. The lowest BCUT2D eigenvalue weighted by Gasteiger charge is -2.10. The van der Waals surface area contributed by atoms with Crippen molar-refractivity contribution < 1.29 is 0 Å². The average molecular weight is 166 g/mol. The fourth-order valence-electron chi connectivity index (χ4n) is 1.37. The highest BCUT2D eigenvalue weighted by atomic mass is 14.9. The highest BCUT2D eigenvalue weighted by Gasteiger charge is 2.13. The van der Waals surface area contributed by atoms with Crippen molar-refractivity contribution in [3.05, 3.63) is 17.7 Å². The Kier molecular flexibility index (Phi) is 2.90. The van der Waals surface area contributed by atoms with Gasteiger partial charge >= 0.3 is 0 Å². The summed E-state index contributed by atoms with van der Waals surface area (Å²) >= 11 is 0. The highest BCUT2D eigenvalue weighted by molar-refractivity contribution is 5.18. The van der Waals surface area contributed by atoms with Crippen LogP contribution in [0.5, 0.6) is 0 Å². The normalized spacial score (nSPS) is 13.8. The molecule has 0 radical (unpaired) electrons. The fraction of sp³-hybridized carbons (Fsp3) is 0.700. The Morgan fingerprint density at radius 1 is 1.42 bits per heavy atom. The number of aromatic amines is 1. The van der Waals surface area contributed by atoms with Gasteiger partial charge in [-0.3, -0.25) is 0 Å². The zero-order valence-corrected chi connectivity index (χ0v) is 8.39. The molecule has 1 atom stereocenters. The predicted octanol–water partition coefficient (Wildman–Crippen LogP) is 3.05. The summed E-state index contributed by atoms with van der Waals surface area (Å²) in [6.07, 6.45) is 2.97. The van der Waals surface area contributed by atoms with Gasteiger partial charge in [0.15, 0.2) is 0 Å². The first-order valence-electron chi connectivity index (χ1n) is 4.70. The molecule has 1 aromatic rings.